The van der Waals surface area contributed by atoms with Gasteiger partial charge in [-0.15, -0.1) is 0 Å². The van der Waals surface area contributed by atoms with Crippen LogP contribution in [-0.4, -0.2) is 30.1 Å². The summed E-state index contributed by atoms with van der Waals surface area (Å²) in [6.07, 6.45) is 2.83. The van der Waals surface area contributed by atoms with Gasteiger partial charge in [-0.2, -0.15) is 5.26 Å². The molecule has 0 aliphatic carbocycles. The van der Waals surface area contributed by atoms with Crippen LogP contribution in [0.2, 0.25) is 0 Å². The van der Waals surface area contributed by atoms with E-state index in [0.29, 0.717) is 6.61 Å². The van der Waals surface area contributed by atoms with Crippen molar-refractivity contribution in [3.63, 3.8) is 0 Å². The van der Waals surface area contributed by atoms with E-state index in [0.717, 1.165) is 24.8 Å². The van der Waals surface area contributed by atoms with Gasteiger partial charge in [0.2, 0.25) is 0 Å². The predicted octanol–water partition coefficient (Wildman–Crippen LogP) is 2.67. The largest absolute Gasteiger partial charge is 0.463 e. The minimum absolute atomic E-state index is 0.0181. The smallest absolute Gasteiger partial charge is 0.320 e. The Balaban J connectivity index is 2.20. The van der Waals surface area contributed by atoms with Crippen LogP contribution in [0.15, 0.2) is 30.3 Å². The zero-order valence-electron chi connectivity index (χ0n) is 11.8. The van der Waals surface area contributed by atoms with Crippen molar-refractivity contribution in [2.45, 2.75) is 38.3 Å². The molecule has 0 bridgehead atoms. The van der Waals surface area contributed by atoms with E-state index in [1.165, 1.54) is 0 Å². The summed E-state index contributed by atoms with van der Waals surface area (Å²) >= 11 is 0. The van der Waals surface area contributed by atoms with E-state index in [1.54, 1.807) is 0 Å². The van der Waals surface area contributed by atoms with Crippen LogP contribution >= 0.6 is 0 Å². The highest BCUT2D eigenvalue weighted by Gasteiger charge is 2.34. The fourth-order valence-electron chi connectivity index (χ4n) is 2.56. The molecule has 4 heteroatoms. The van der Waals surface area contributed by atoms with Gasteiger partial charge in [0.15, 0.2) is 0 Å². The molecule has 1 heterocycles. The molecule has 1 aliphatic heterocycles. The van der Waals surface area contributed by atoms with Gasteiger partial charge in [0, 0.05) is 0 Å². The molecule has 0 saturated carbocycles. The van der Waals surface area contributed by atoms with Gasteiger partial charge in [-0.1, -0.05) is 50.1 Å². The maximum Gasteiger partial charge on any atom is 0.320 e. The monoisotopic (exact) mass is 272 g/mol. The molecule has 0 radical (unpaired) electrons. The molecule has 20 heavy (non-hydrogen) atoms. The molecule has 1 aromatic carbocycles. The summed E-state index contributed by atoms with van der Waals surface area (Å²) in [6.45, 7) is 2.63. The average molecular weight is 272 g/mol. The summed E-state index contributed by atoms with van der Waals surface area (Å²) in [5.41, 5.74) is 1.09. The summed E-state index contributed by atoms with van der Waals surface area (Å²) in [7, 11) is 0. The van der Waals surface area contributed by atoms with Gasteiger partial charge in [0.05, 0.1) is 24.7 Å². The van der Waals surface area contributed by atoms with Crippen LogP contribution in [-0.2, 0) is 9.53 Å². The zero-order valence-corrected chi connectivity index (χ0v) is 11.8. The fraction of sp³-hybridized carbons (Fsp3) is 0.500. The van der Waals surface area contributed by atoms with E-state index in [4.69, 9.17) is 4.74 Å². The van der Waals surface area contributed by atoms with Crippen molar-refractivity contribution in [1.29, 1.82) is 5.26 Å². The number of nitriles is 1. The summed E-state index contributed by atoms with van der Waals surface area (Å²) in [4.78, 5) is 13.6. The molecule has 0 spiro atoms. The normalized spacial score (nSPS) is 21.0. The van der Waals surface area contributed by atoms with Crippen LogP contribution < -0.4 is 0 Å². The molecule has 0 N–H and O–H groups in total. The van der Waals surface area contributed by atoms with Crippen molar-refractivity contribution in [2.75, 3.05) is 13.2 Å². The van der Waals surface area contributed by atoms with Crippen molar-refractivity contribution in [3.05, 3.63) is 35.9 Å². The van der Waals surface area contributed by atoms with E-state index in [2.05, 4.69) is 13.0 Å². The number of carbonyl (C=O) groups is 1. The van der Waals surface area contributed by atoms with Gasteiger partial charge in [-0.3, -0.25) is 9.69 Å². The van der Waals surface area contributed by atoms with Crippen LogP contribution in [0.1, 0.15) is 37.8 Å². The highest BCUT2D eigenvalue weighted by molar-refractivity contribution is 5.72. The van der Waals surface area contributed by atoms with Gasteiger partial charge >= 0.3 is 5.97 Å². The van der Waals surface area contributed by atoms with Crippen molar-refractivity contribution >= 4 is 5.97 Å². The first-order valence-corrected chi connectivity index (χ1v) is 7.12. The molecule has 2 atom stereocenters. The molecule has 2 rings (SSSR count). The Morgan fingerprint density at radius 2 is 2.20 bits per heavy atom. The van der Waals surface area contributed by atoms with Crippen molar-refractivity contribution < 1.29 is 9.53 Å². The number of morpholine rings is 1. The standard InChI is InChI=1S/C16H20N2O2/c1-2-3-9-14(10-17)18-11-16(19)20-12-15(18)13-7-5-4-6-8-13/h4-8,14-15H,2-3,9,11-12H2,1H3/t14-,15-/m1/s1. The van der Waals surface area contributed by atoms with Crippen LogP contribution in [0, 0.1) is 11.3 Å². The Kier molecular flexibility index (Phi) is 5.14. The molecule has 0 unspecified atom stereocenters. The van der Waals surface area contributed by atoms with Gasteiger partial charge in [-0.05, 0) is 12.0 Å². The Labute approximate surface area is 120 Å². The third kappa shape index (κ3) is 3.37. The Hall–Kier alpha value is -1.86. The molecule has 1 saturated heterocycles. The lowest BCUT2D eigenvalue weighted by molar-refractivity contribution is -0.156. The molecule has 1 fully saturated rings. The summed E-state index contributed by atoms with van der Waals surface area (Å²) in [5.74, 6) is -0.242. The topological polar surface area (TPSA) is 53.3 Å². The number of hydrogen-bond donors (Lipinski definition) is 0. The Morgan fingerprint density at radius 3 is 2.85 bits per heavy atom. The fourth-order valence-corrected chi connectivity index (χ4v) is 2.56. The maximum atomic E-state index is 11.6. The van der Waals surface area contributed by atoms with Crippen LogP contribution in [0.25, 0.3) is 0 Å². The Morgan fingerprint density at radius 1 is 1.45 bits per heavy atom. The number of esters is 1. The first kappa shape index (κ1) is 14.5. The van der Waals surface area contributed by atoms with E-state index in [9.17, 15) is 10.1 Å². The van der Waals surface area contributed by atoms with E-state index in [1.807, 2.05) is 35.2 Å². The first-order valence-electron chi connectivity index (χ1n) is 7.12. The van der Waals surface area contributed by atoms with Crippen LogP contribution in [0.4, 0.5) is 0 Å². The minimum atomic E-state index is -0.242. The number of hydrogen-bond acceptors (Lipinski definition) is 4. The first-order chi connectivity index (χ1) is 9.76. The molecular weight excluding hydrogens is 252 g/mol. The van der Waals surface area contributed by atoms with E-state index >= 15 is 0 Å². The van der Waals surface area contributed by atoms with Gasteiger partial charge in [-0.25, -0.2) is 0 Å². The molecule has 0 amide bonds. The summed E-state index contributed by atoms with van der Waals surface area (Å²) < 4.78 is 5.18. The third-order valence-electron chi connectivity index (χ3n) is 3.68. The van der Waals surface area contributed by atoms with Crippen LogP contribution in [0.3, 0.4) is 0 Å². The minimum Gasteiger partial charge on any atom is -0.463 e. The SMILES string of the molecule is CCCC[C@H](C#N)N1CC(=O)OC[C@@H]1c1ccccc1. The van der Waals surface area contributed by atoms with Crippen LogP contribution in [0.5, 0.6) is 0 Å². The number of benzene rings is 1. The number of ether oxygens (including phenoxy) is 1. The average Bonchev–Trinajstić information content (AvgIpc) is 2.49. The molecular formula is C16H20N2O2. The second kappa shape index (κ2) is 7.06. The molecule has 106 valence electrons. The van der Waals surface area contributed by atoms with Gasteiger partial charge in [0.25, 0.3) is 0 Å². The van der Waals surface area contributed by atoms with Crippen molar-refractivity contribution in [3.8, 4) is 6.07 Å². The lowest BCUT2D eigenvalue weighted by Crippen LogP contribution is -2.47. The number of unbranched alkanes of at least 4 members (excludes halogenated alkanes) is 1. The number of nitrogens with zero attached hydrogens (tertiary/aromatic N) is 2. The lowest BCUT2D eigenvalue weighted by Gasteiger charge is -2.37. The van der Waals surface area contributed by atoms with E-state index < -0.39 is 0 Å². The number of rotatable bonds is 5. The lowest BCUT2D eigenvalue weighted by atomic mass is 10.0. The van der Waals surface area contributed by atoms with Crippen molar-refractivity contribution in [2.24, 2.45) is 0 Å². The van der Waals surface area contributed by atoms with Gasteiger partial charge in [0.1, 0.15) is 6.61 Å². The van der Waals surface area contributed by atoms with E-state index in [-0.39, 0.29) is 24.6 Å². The van der Waals surface area contributed by atoms with Gasteiger partial charge < -0.3 is 4.74 Å². The maximum absolute atomic E-state index is 11.6. The Bertz CT molecular complexity index is 481. The highest BCUT2D eigenvalue weighted by Crippen LogP contribution is 2.27. The highest BCUT2D eigenvalue weighted by atomic mass is 16.5. The molecule has 1 aromatic rings. The second-order valence-electron chi connectivity index (χ2n) is 5.07. The third-order valence-corrected chi connectivity index (χ3v) is 3.68. The predicted molar refractivity (Wildman–Crippen MR) is 75.8 cm³/mol. The molecule has 1 aliphatic rings. The second-order valence-corrected chi connectivity index (χ2v) is 5.07. The summed E-state index contributed by atoms with van der Waals surface area (Å²) in [5, 5.41) is 9.41. The molecule has 0 aromatic heterocycles. The zero-order chi connectivity index (χ0) is 14.4. The quantitative estimate of drug-likeness (QED) is 0.773. The van der Waals surface area contributed by atoms with Crippen molar-refractivity contribution in [1.82, 2.24) is 4.90 Å². The summed E-state index contributed by atoms with van der Waals surface area (Å²) in [6, 6.07) is 12.0. The number of carbonyl (C=O) groups excluding carboxylic acids is 1. The number of cyclic esters (lactones) is 1. The molecule has 4 nitrogen and oxygen atoms in total.